The zero-order valence-electron chi connectivity index (χ0n) is 9.76. The highest BCUT2D eigenvalue weighted by molar-refractivity contribution is 7.93. The predicted molar refractivity (Wildman–Crippen MR) is 70.7 cm³/mol. The molecule has 2 rings (SSSR count). The van der Waals surface area contributed by atoms with Gasteiger partial charge >= 0.3 is 5.97 Å². The fourth-order valence-electron chi connectivity index (χ4n) is 2.17. The van der Waals surface area contributed by atoms with Gasteiger partial charge in [-0.25, -0.2) is 13.2 Å². The molecule has 0 aliphatic heterocycles. The second-order valence-electron chi connectivity index (χ2n) is 4.38. The highest BCUT2D eigenvalue weighted by Gasteiger charge is 2.28. The van der Waals surface area contributed by atoms with Gasteiger partial charge in [0, 0.05) is 0 Å². The average Bonchev–Trinajstić information content (AvgIpc) is 2.78. The Hall–Kier alpha value is -1.08. The lowest BCUT2D eigenvalue weighted by molar-refractivity contribution is 0.0703. The topological polar surface area (TPSA) is 83.5 Å². The molecule has 1 fully saturated rings. The molecule has 5 nitrogen and oxygen atoms in total. The summed E-state index contributed by atoms with van der Waals surface area (Å²) in [6, 6.07) is 1.49. The smallest absolute Gasteiger partial charge is 0.348 e. The van der Waals surface area contributed by atoms with E-state index < -0.39 is 21.2 Å². The van der Waals surface area contributed by atoms with Gasteiger partial charge < -0.3 is 5.11 Å². The molecule has 1 aromatic heterocycles. The van der Waals surface area contributed by atoms with Crippen molar-refractivity contribution in [1.82, 2.24) is 0 Å². The number of carboxylic acid groups (broad SMARTS) is 1. The van der Waals surface area contributed by atoms with Gasteiger partial charge in [0.2, 0.25) is 10.0 Å². The fraction of sp³-hybridized carbons (Fsp3) is 0.545. The number of carbonyl (C=O) groups is 1. The number of hydrogen-bond donors (Lipinski definition) is 2. The fourth-order valence-corrected chi connectivity index (χ4v) is 4.52. The minimum absolute atomic E-state index is 0.0365. The number of aromatic carboxylic acids is 1. The van der Waals surface area contributed by atoms with Crippen molar-refractivity contribution in [3.8, 4) is 0 Å². The molecule has 0 amide bonds. The van der Waals surface area contributed by atoms with Crippen LogP contribution in [0.2, 0.25) is 0 Å². The van der Waals surface area contributed by atoms with E-state index in [0.29, 0.717) is 12.8 Å². The Morgan fingerprint density at radius 3 is 2.61 bits per heavy atom. The predicted octanol–water partition coefficient (Wildman–Crippen LogP) is 2.52. The van der Waals surface area contributed by atoms with Gasteiger partial charge in [-0.3, -0.25) is 4.72 Å². The summed E-state index contributed by atoms with van der Waals surface area (Å²) in [5, 5.41) is 10.1. The van der Waals surface area contributed by atoms with E-state index >= 15 is 0 Å². The van der Waals surface area contributed by atoms with E-state index in [1.54, 1.807) is 5.38 Å². The van der Waals surface area contributed by atoms with Crippen LogP contribution in [0.4, 0.5) is 5.69 Å². The molecule has 0 radical (unpaired) electrons. The molecule has 0 bridgehead atoms. The Balaban J connectivity index is 2.16. The van der Waals surface area contributed by atoms with Crippen molar-refractivity contribution in [1.29, 1.82) is 0 Å². The number of rotatable bonds is 4. The standard InChI is InChI=1S/C11H15NO4S2/c13-11(14)10-9(6-7-17-10)12-18(15,16)8-4-2-1-3-5-8/h6-8,12H,1-5H2,(H,13,14). The molecular weight excluding hydrogens is 274 g/mol. The molecule has 0 aromatic carbocycles. The molecule has 1 aliphatic rings. The van der Waals surface area contributed by atoms with Crippen molar-refractivity contribution in [2.24, 2.45) is 0 Å². The first-order chi connectivity index (χ1) is 8.50. The van der Waals surface area contributed by atoms with Crippen LogP contribution in [0.25, 0.3) is 0 Å². The average molecular weight is 289 g/mol. The Kier molecular flexibility index (Phi) is 3.91. The number of sulfonamides is 1. The summed E-state index contributed by atoms with van der Waals surface area (Å²) in [6.07, 6.45) is 4.22. The van der Waals surface area contributed by atoms with Gasteiger partial charge in [-0.05, 0) is 24.3 Å². The van der Waals surface area contributed by atoms with Crippen molar-refractivity contribution in [3.05, 3.63) is 16.3 Å². The van der Waals surface area contributed by atoms with Crippen LogP contribution in [0.3, 0.4) is 0 Å². The molecule has 1 heterocycles. The van der Waals surface area contributed by atoms with Gasteiger partial charge in [0.1, 0.15) is 4.88 Å². The van der Waals surface area contributed by atoms with Gasteiger partial charge in [0.05, 0.1) is 10.9 Å². The van der Waals surface area contributed by atoms with Gasteiger partial charge in [-0.2, -0.15) is 0 Å². The van der Waals surface area contributed by atoms with Crippen LogP contribution >= 0.6 is 11.3 Å². The largest absolute Gasteiger partial charge is 0.477 e. The number of carboxylic acids is 1. The second kappa shape index (κ2) is 5.27. The van der Waals surface area contributed by atoms with Crippen LogP contribution in [0.1, 0.15) is 41.8 Å². The first-order valence-electron chi connectivity index (χ1n) is 5.83. The maximum atomic E-state index is 12.1. The highest BCUT2D eigenvalue weighted by Crippen LogP contribution is 2.28. The third-order valence-electron chi connectivity index (χ3n) is 3.10. The molecule has 1 saturated carbocycles. The third kappa shape index (κ3) is 2.84. The van der Waals surface area contributed by atoms with Crippen LogP contribution in [-0.2, 0) is 10.0 Å². The summed E-state index contributed by atoms with van der Waals surface area (Å²) in [7, 11) is -3.47. The number of thiophene rings is 1. The van der Waals surface area contributed by atoms with E-state index in [9.17, 15) is 13.2 Å². The molecule has 0 spiro atoms. The van der Waals surface area contributed by atoms with E-state index in [1.807, 2.05) is 0 Å². The van der Waals surface area contributed by atoms with Crippen molar-refractivity contribution < 1.29 is 18.3 Å². The van der Waals surface area contributed by atoms with Gasteiger partial charge in [0.15, 0.2) is 0 Å². The van der Waals surface area contributed by atoms with Gasteiger partial charge in [-0.15, -0.1) is 11.3 Å². The van der Waals surface area contributed by atoms with E-state index in [4.69, 9.17) is 5.11 Å². The molecule has 1 aliphatic carbocycles. The normalized spacial score (nSPS) is 17.6. The molecular formula is C11H15NO4S2. The molecule has 7 heteroatoms. The number of nitrogens with one attached hydrogen (secondary N) is 1. The minimum Gasteiger partial charge on any atom is -0.477 e. The van der Waals surface area contributed by atoms with Crippen molar-refractivity contribution in [2.75, 3.05) is 4.72 Å². The molecule has 100 valence electrons. The molecule has 18 heavy (non-hydrogen) atoms. The summed E-state index contributed by atoms with van der Waals surface area (Å²) in [5.74, 6) is -1.11. The summed E-state index contributed by atoms with van der Waals surface area (Å²) in [6.45, 7) is 0. The zero-order chi connectivity index (χ0) is 13.2. The Labute approximate surface area is 110 Å². The van der Waals surface area contributed by atoms with Crippen LogP contribution in [0.15, 0.2) is 11.4 Å². The number of hydrogen-bond acceptors (Lipinski definition) is 4. The monoisotopic (exact) mass is 289 g/mol. The summed E-state index contributed by atoms with van der Waals surface area (Å²) >= 11 is 1.02. The van der Waals surface area contributed by atoms with E-state index in [1.165, 1.54) is 6.07 Å². The van der Waals surface area contributed by atoms with Crippen molar-refractivity contribution >= 4 is 33.0 Å². The Morgan fingerprint density at radius 2 is 2.00 bits per heavy atom. The lowest BCUT2D eigenvalue weighted by Crippen LogP contribution is -2.30. The van der Waals surface area contributed by atoms with E-state index in [0.717, 1.165) is 30.6 Å². The first-order valence-corrected chi connectivity index (χ1v) is 8.26. The quantitative estimate of drug-likeness (QED) is 0.892. The third-order valence-corrected chi connectivity index (χ3v) is 5.86. The number of anilines is 1. The van der Waals surface area contributed by atoms with Crippen molar-refractivity contribution in [2.45, 2.75) is 37.4 Å². The van der Waals surface area contributed by atoms with Gasteiger partial charge in [0.25, 0.3) is 0 Å². The zero-order valence-corrected chi connectivity index (χ0v) is 11.4. The minimum atomic E-state index is -3.47. The van der Waals surface area contributed by atoms with Crippen molar-refractivity contribution in [3.63, 3.8) is 0 Å². The van der Waals surface area contributed by atoms with Crippen LogP contribution in [0.5, 0.6) is 0 Å². The van der Waals surface area contributed by atoms with E-state index in [-0.39, 0.29) is 10.6 Å². The summed E-state index contributed by atoms with van der Waals surface area (Å²) in [5.41, 5.74) is 0.179. The van der Waals surface area contributed by atoms with Gasteiger partial charge in [-0.1, -0.05) is 19.3 Å². The molecule has 0 saturated heterocycles. The highest BCUT2D eigenvalue weighted by atomic mass is 32.2. The van der Waals surface area contributed by atoms with Crippen LogP contribution in [0, 0.1) is 0 Å². The maximum absolute atomic E-state index is 12.1. The molecule has 1 aromatic rings. The van der Waals surface area contributed by atoms with Crippen LogP contribution < -0.4 is 4.72 Å². The Morgan fingerprint density at radius 1 is 1.33 bits per heavy atom. The van der Waals surface area contributed by atoms with E-state index in [2.05, 4.69) is 4.72 Å². The van der Waals surface area contributed by atoms with Crippen LogP contribution in [-0.4, -0.2) is 24.7 Å². The SMILES string of the molecule is O=C(O)c1sccc1NS(=O)(=O)C1CCCCC1. The molecule has 2 N–H and O–H groups in total. The molecule has 0 atom stereocenters. The summed E-state index contributed by atoms with van der Waals surface area (Å²) in [4.78, 5) is 11.0. The Bertz CT molecular complexity index is 529. The first kappa shape index (κ1) is 13.4. The summed E-state index contributed by atoms with van der Waals surface area (Å²) < 4.78 is 26.7. The second-order valence-corrected chi connectivity index (χ2v) is 7.25. The lowest BCUT2D eigenvalue weighted by Gasteiger charge is -2.22. The lowest BCUT2D eigenvalue weighted by atomic mass is 10.0. The maximum Gasteiger partial charge on any atom is 0.348 e. The molecule has 0 unspecified atom stereocenters.